The van der Waals surface area contributed by atoms with Crippen LogP contribution in [0.4, 0.5) is 5.69 Å². The minimum atomic E-state index is -0.878. The molecule has 0 aliphatic rings. The number of benzene rings is 1. The molecule has 0 fully saturated rings. The summed E-state index contributed by atoms with van der Waals surface area (Å²) in [5, 5.41) is 4.89. The van der Waals surface area contributed by atoms with Gasteiger partial charge in [-0.2, -0.15) is 0 Å². The van der Waals surface area contributed by atoms with Gasteiger partial charge in [-0.1, -0.05) is 30.3 Å². The Morgan fingerprint density at radius 1 is 1.12 bits per heavy atom. The maximum atomic E-state index is 12.0. The van der Waals surface area contributed by atoms with Crippen LogP contribution >= 0.6 is 0 Å². The summed E-state index contributed by atoms with van der Waals surface area (Å²) in [5.41, 5.74) is 0.693. The van der Waals surface area contributed by atoms with Crippen molar-refractivity contribution in [3.8, 4) is 0 Å². The lowest BCUT2D eigenvalue weighted by atomic mass is 10.1. The Morgan fingerprint density at radius 3 is 2.46 bits per heavy atom. The first-order valence-corrected chi connectivity index (χ1v) is 7.46. The number of carbonyl (C=O) groups is 2. The second-order valence-electron chi connectivity index (χ2n) is 5.48. The van der Waals surface area contributed by atoms with Crippen LogP contribution in [0.1, 0.15) is 11.6 Å². The van der Waals surface area contributed by atoms with E-state index in [9.17, 15) is 14.4 Å². The van der Waals surface area contributed by atoms with Crippen LogP contribution in [0.25, 0.3) is 0 Å². The minimum Gasteiger partial charge on any atom is -0.366 e. The van der Waals surface area contributed by atoms with Crippen molar-refractivity contribution in [2.75, 3.05) is 26.0 Å². The first kappa shape index (κ1) is 17.4. The van der Waals surface area contributed by atoms with Gasteiger partial charge in [0.15, 0.2) is 0 Å². The summed E-state index contributed by atoms with van der Waals surface area (Å²) in [7, 11) is 3.79. The van der Waals surface area contributed by atoms with Crippen molar-refractivity contribution in [1.29, 1.82) is 0 Å². The van der Waals surface area contributed by atoms with Crippen molar-refractivity contribution < 1.29 is 9.59 Å². The molecule has 1 heterocycles. The van der Waals surface area contributed by atoms with Crippen molar-refractivity contribution in [3.05, 3.63) is 64.6 Å². The van der Waals surface area contributed by atoms with Crippen LogP contribution in [0, 0.1) is 0 Å². The molecule has 0 saturated heterocycles. The molecular formula is C17H20N4O3. The Hall–Kier alpha value is -2.93. The van der Waals surface area contributed by atoms with Crippen LogP contribution in [-0.4, -0.2) is 42.3 Å². The van der Waals surface area contributed by atoms with Crippen LogP contribution in [0.2, 0.25) is 0 Å². The van der Waals surface area contributed by atoms with E-state index in [2.05, 4.69) is 15.6 Å². The molecule has 1 aromatic heterocycles. The normalized spacial score (nSPS) is 11.8. The van der Waals surface area contributed by atoms with E-state index < -0.39 is 11.8 Å². The van der Waals surface area contributed by atoms with E-state index in [-0.39, 0.29) is 23.7 Å². The van der Waals surface area contributed by atoms with E-state index in [0.29, 0.717) is 0 Å². The molecule has 1 aromatic carbocycles. The largest absolute Gasteiger partial charge is 0.366 e. The Kier molecular flexibility index (Phi) is 5.86. The van der Waals surface area contributed by atoms with Gasteiger partial charge in [0, 0.05) is 25.0 Å². The maximum Gasteiger partial charge on any atom is 0.313 e. The summed E-state index contributed by atoms with van der Waals surface area (Å²) in [5.74, 6) is -1.67. The van der Waals surface area contributed by atoms with Crippen LogP contribution in [0.3, 0.4) is 0 Å². The number of aromatic nitrogens is 1. The molecule has 2 rings (SSSR count). The summed E-state index contributed by atoms with van der Waals surface area (Å²) in [6.45, 7) is 0.272. The average Bonchev–Trinajstić information content (AvgIpc) is 2.57. The van der Waals surface area contributed by atoms with Crippen molar-refractivity contribution in [1.82, 2.24) is 15.2 Å². The lowest BCUT2D eigenvalue weighted by molar-refractivity contribution is -0.136. The SMILES string of the molecule is CN(C)C(CNC(=O)C(=O)Nc1c[nH]ccc1=O)c1ccccc1. The Bertz CT molecular complexity index is 756. The summed E-state index contributed by atoms with van der Waals surface area (Å²) in [6.07, 6.45) is 2.78. The van der Waals surface area contributed by atoms with E-state index in [1.807, 2.05) is 49.3 Å². The third kappa shape index (κ3) is 4.53. The standard InChI is InChI=1S/C17H20N4O3/c1-21(2)14(12-6-4-3-5-7-12)11-19-16(23)17(24)20-13-10-18-9-8-15(13)22/h3-10,14H,11H2,1-2H3,(H,18,22)(H,19,23)(H,20,24). The summed E-state index contributed by atoms with van der Waals surface area (Å²) < 4.78 is 0. The highest BCUT2D eigenvalue weighted by Crippen LogP contribution is 2.16. The molecule has 1 unspecified atom stereocenters. The smallest absolute Gasteiger partial charge is 0.313 e. The van der Waals surface area contributed by atoms with Crippen molar-refractivity contribution in [2.24, 2.45) is 0 Å². The number of nitrogens with zero attached hydrogens (tertiary/aromatic N) is 1. The second kappa shape index (κ2) is 8.07. The molecule has 24 heavy (non-hydrogen) atoms. The predicted octanol–water partition coefficient (Wildman–Crippen LogP) is 0.733. The third-order valence-corrected chi connectivity index (χ3v) is 3.54. The molecule has 0 bridgehead atoms. The highest BCUT2D eigenvalue weighted by atomic mass is 16.2. The molecule has 3 N–H and O–H groups in total. The monoisotopic (exact) mass is 328 g/mol. The van der Waals surface area contributed by atoms with Gasteiger partial charge < -0.3 is 20.5 Å². The quantitative estimate of drug-likeness (QED) is 0.705. The van der Waals surface area contributed by atoms with Crippen molar-refractivity contribution >= 4 is 17.5 Å². The zero-order valence-corrected chi connectivity index (χ0v) is 13.6. The van der Waals surface area contributed by atoms with Gasteiger partial charge in [-0.05, 0) is 19.7 Å². The van der Waals surface area contributed by atoms with Crippen molar-refractivity contribution in [2.45, 2.75) is 6.04 Å². The zero-order chi connectivity index (χ0) is 17.5. The lowest BCUT2D eigenvalue weighted by Gasteiger charge is -2.24. The van der Waals surface area contributed by atoms with Gasteiger partial charge >= 0.3 is 11.8 Å². The van der Waals surface area contributed by atoms with E-state index in [1.165, 1.54) is 18.5 Å². The molecule has 0 aliphatic heterocycles. The fraction of sp³-hybridized carbons (Fsp3) is 0.235. The third-order valence-electron chi connectivity index (χ3n) is 3.54. The zero-order valence-electron chi connectivity index (χ0n) is 13.6. The fourth-order valence-corrected chi connectivity index (χ4v) is 2.24. The number of hydrogen-bond acceptors (Lipinski definition) is 4. The predicted molar refractivity (Wildman–Crippen MR) is 91.6 cm³/mol. The lowest BCUT2D eigenvalue weighted by Crippen LogP contribution is -2.40. The van der Waals surface area contributed by atoms with Gasteiger partial charge in [0.2, 0.25) is 5.43 Å². The van der Waals surface area contributed by atoms with E-state index in [4.69, 9.17) is 0 Å². The number of nitrogens with one attached hydrogen (secondary N) is 3. The topological polar surface area (TPSA) is 94.3 Å². The molecule has 2 aromatic rings. The first-order chi connectivity index (χ1) is 11.5. The number of anilines is 1. The van der Waals surface area contributed by atoms with E-state index in [1.54, 1.807) is 0 Å². The molecular weight excluding hydrogens is 308 g/mol. The number of hydrogen-bond donors (Lipinski definition) is 3. The van der Waals surface area contributed by atoms with Crippen molar-refractivity contribution in [3.63, 3.8) is 0 Å². The summed E-state index contributed by atoms with van der Waals surface area (Å²) in [4.78, 5) is 40.0. The number of amides is 2. The molecule has 7 heteroatoms. The van der Waals surface area contributed by atoms with Crippen LogP contribution in [0.5, 0.6) is 0 Å². The highest BCUT2D eigenvalue weighted by molar-refractivity contribution is 6.39. The second-order valence-corrected chi connectivity index (χ2v) is 5.48. The van der Waals surface area contributed by atoms with Gasteiger partial charge in [-0.3, -0.25) is 14.4 Å². The molecule has 1 atom stereocenters. The van der Waals surface area contributed by atoms with Gasteiger partial charge in [0.25, 0.3) is 0 Å². The van der Waals surface area contributed by atoms with Crippen LogP contribution < -0.4 is 16.1 Å². The Labute approximate surface area is 139 Å². The van der Waals surface area contributed by atoms with Gasteiger partial charge in [-0.15, -0.1) is 0 Å². The highest BCUT2D eigenvalue weighted by Gasteiger charge is 2.19. The van der Waals surface area contributed by atoms with E-state index >= 15 is 0 Å². The van der Waals surface area contributed by atoms with Crippen LogP contribution in [-0.2, 0) is 9.59 Å². The van der Waals surface area contributed by atoms with Gasteiger partial charge in [0.05, 0.1) is 6.04 Å². The molecule has 0 radical (unpaired) electrons. The minimum absolute atomic E-state index is 0.0323. The van der Waals surface area contributed by atoms with Gasteiger partial charge in [0.1, 0.15) is 5.69 Å². The Morgan fingerprint density at radius 2 is 1.83 bits per heavy atom. The number of likely N-dealkylation sites (N-methyl/N-ethyl adjacent to an activating group) is 1. The average molecular weight is 328 g/mol. The number of pyridine rings is 1. The molecule has 0 saturated carbocycles. The molecule has 2 amide bonds. The molecule has 0 aliphatic carbocycles. The van der Waals surface area contributed by atoms with E-state index in [0.717, 1.165) is 5.56 Å². The summed E-state index contributed by atoms with van der Waals surface area (Å²) in [6, 6.07) is 10.9. The molecule has 7 nitrogen and oxygen atoms in total. The first-order valence-electron chi connectivity index (χ1n) is 7.46. The van der Waals surface area contributed by atoms with Gasteiger partial charge in [-0.25, -0.2) is 0 Å². The Balaban J connectivity index is 1.97. The number of rotatable bonds is 5. The fourth-order valence-electron chi connectivity index (χ4n) is 2.24. The maximum absolute atomic E-state index is 12.0. The number of carbonyl (C=O) groups excluding carboxylic acids is 2. The number of H-pyrrole nitrogens is 1. The summed E-state index contributed by atoms with van der Waals surface area (Å²) >= 11 is 0. The molecule has 0 spiro atoms. The molecule has 126 valence electrons. The number of aromatic amines is 1. The van der Waals surface area contributed by atoms with Crippen LogP contribution in [0.15, 0.2) is 53.6 Å².